The Morgan fingerprint density at radius 1 is 1.03 bits per heavy atom. The number of likely N-dealkylation sites (tertiary alicyclic amines) is 2. The molecular formula is C22H28N4O3. The molecule has 1 unspecified atom stereocenters. The highest BCUT2D eigenvalue weighted by Crippen LogP contribution is 2.23. The number of hydrogen-bond acceptors (Lipinski definition) is 5. The molecule has 0 bridgehead atoms. The number of aromatic nitrogens is 2. The normalized spacial score (nSPS) is 19.6. The van der Waals surface area contributed by atoms with Crippen LogP contribution in [0.15, 0.2) is 28.7 Å². The van der Waals surface area contributed by atoms with Gasteiger partial charge in [-0.05, 0) is 51.2 Å². The molecule has 0 aliphatic carbocycles. The molecule has 7 nitrogen and oxygen atoms in total. The average Bonchev–Trinajstić information content (AvgIpc) is 3.44. The molecule has 0 saturated carbocycles. The van der Waals surface area contributed by atoms with Crippen molar-refractivity contribution in [2.24, 2.45) is 0 Å². The van der Waals surface area contributed by atoms with Crippen molar-refractivity contribution in [1.82, 2.24) is 20.0 Å². The molecule has 0 N–H and O–H groups in total. The van der Waals surface area contributed by atoms with E-state index in [1.807, 2.05) is 36.1 Å². The summed E-state index contributed by atoms with van der Waals surface area (Å²) in [5, 5.41) is 8.19. The third kappa shape index (κ3) is 4.49. The molecule has 0 spiro atoms. The number of carbonyl (C=O) groups is 2. The van der Waals surface area contributed by atoms with Crippen LogP contribution in [0.4, 0.5) is 0 Å². The van der Waals surface area contributed by atoms with Gasteiger partial charge in [0.25, 0.3) is 0 Å². The molecule has 2 fully saturated rings. The standard InChI is InChI=1S/C22H28N4O3/c1-16-7-9-17(10-8-16)21-24-23-19(29-21)11-12-20(27)26-15-3-2-6-18(26)22(28)25-13-4-5-14-25/h7-10,18H,2-6,11-15H2,1H3. The summed E-state index contributed by atoms with van der Waals surface area (Å²) < 4.78 is 5.73. The fourth-order valence-corrected chi connectivity index (χ4v) is 4.16. The molecule has 2 saturated heterocycles. The zero-order valence-corrected chi connectivity index (χ0v) is 17.0. The van der Waals surface area contributed by atoms with Gasteiger partial charge in [0.15, 0.2) is 0 Å². The first kappa shape index (κ1) is 19.6. The summed E-state index contributed by atoms with van der Waals surface area (Å²) in [6.07, 6.45) is 5.50. The molecule has 4 rings (SSSR count). The Morgan fingerprint density at radius 3 is 2.52 bits per heavy atom. The molecule has 0 radical (unpaired) electrons. The van der Waals surface area contributed by atoms with Gasteiger partial charge in [-0.3, -0.25) is 9.59 Å². The molecule has 3 heterocycles. The Labute approximate surface area is 171 Å². The number of rotatable bonds is 5. The minimum atomic E-state index is -0.305. The molecular weight excluding hydrogens is 368 g/mol. The first-order valence-electron chi connectivity index (χ1n) is 10.6. The Kier molecular flexibility index (Phi) is 5.92. The van der Waals surface area contributed by atoms with E-state index in [9.17, 15) is 9.59 Å². The summed E-state index contributed by atoms with van der Waals surface area (Å²) in [7, 11) is 0. The first-order chi connectivity index (χ1) is 14.1. The number of benzene rings is 1. The third-order valence-electron chi connectivity index (χ3n) is 5.84. The van der Waals surface area contributed by atoms with Crippen LogP contribution in [0.1, 0.15) is 50.0 Å². The van der Waals surface area contributed by atoms with Gasteiger partial charge in [-0.2, -0.15) is 0 Å². The third-order valence-corrected chi connectivity index (χ3v) is 5.84. The predicted octanol–water partition coefficient (Wildman–Crippen LogP) is 2.98. The van der Waals surface area contributed by atoms with E-state index in [2.05, 4.69) is 10.2 Å². The molecule has 2 aliphatic rings. The zero-order valence-electron chi connectivity index (χ0n) is 17.0. The van der Waals surface area contributed by atoms with Gasteiger partial charge in [0, 0.05) is 38.0 Å². The molecule has 1 aromatic heterocycles. The Morgan fingerprint density at radius 2 is 1.76 bits per heavy atom. The maximum atomic E-state index is 12.9. The van der Waals surface area contributed by atoms with Crippen molar-refractivity contribution in [1.29, 1.82) is 0 Å². The van der Waals surface area contributed by atoms with E-state index in [1.54, 1.807) is 4.90 Å². The van der Waals surface area contributed by atoms with Crippen molar-refractivity contribution in [3.05, 3.63) is 35.7 Å². The number of amides is 2. The van der Waals surface area contributed by atoms with E-state index in [-0.39, 0.29) is 24.3 Å². The topological polar surface area (TPSA) is 79.5 Å². The minimum Gasteiger partial charge on any atom is -0.421 e. The van der Waals surface area contributed by atoms with Crippen molar-refractivity contribution >= 4 is 11.8 Å². The van der Waals surface area contributed by atoms with Gasteiger partial charge in [-0.15, -0.1) is 10.2 Å². The van der Waals surface area contributed by atoms with Crippen LogP contribution in [-0.2, 0) is 16.0 Å². The fraction of sp³-hybridized carbons (Fsp3) is 0.545. The second kappa shape index (κ2) is 8.76. The minimum absolute atomic E-state index is 0.00247. The van der Waals surface area contributed by atoms with E-state index < -0.39 is 0 Å². The zero-order chi connectivity index (χ0) is 20.2. The molecule has 1 atom stereocenters. The van der Waals surface area contributed by atoms with Crippen LogP contribution >= 0.6 is 0 Å². The molecule has 7 heteroatoms. The first-order valence-corrected chi connectivity index (χ1v) is 10.6. The highest BCUT2D eigenvalue weighted by atomic mass is 16.4. The predicted molar refractivity (Wildman–Crippen MR) is 108 cm³/mol. The van der Waals surface area contributed by atoms with E-state index in [0.717, 1.165) is 50.8 Å². The molecule has 2 aliphatic heterocycles. The summed E-state index contributed by atoms with van der Waals surface area (Å²) >= 11 is 0. The van der Waals surface area contributed by atoms with Crippen molar-refractivity contribution < 1.29 is 14.0 Å². The lowest BCUT2D eigenvalue weighted by molar-refractivity contribution is -0.147. The number of nitrogens with zero attached hydrogens (tertiary/aromatic N) is 4. The molecule has 29 heavy (non-hydrogen) atoms. The lowest BCUT2D eigenvalue weighted by Crippen LogP contribution is -2.52. The van der Waals surface area contributed by atoms with Crippen molar-refractivity contribution in [3.8, 4) is 11.5 Å². The van der Waals surface area contributed by atoms with E-state index in [1.165, 1.54) is 5.56 Å². The highest BCUT2D eigenvalue weighted by molar-refractivity contribution is 5.88. The van der Waals surface area contributed by atoms with Gasteiger partial charge in [-0.1, -0.05) is 17.7 Å². The van der Waals surface area contributed by atoms with Crippen LogP contribution in [0.5, 0.6) is 0 Å². The summed E-state index contributed by atoms with van der Waals surface area (Å²) in [5.41, 5.74) is 2.03. The van der Waals surface area contributed by atoms with Gasteiger partial charge < -0.3 is 14.2 Å². The summed E-state index contributed by atoms with van der Waals surface area (Å²) in [6.45, 7) is 4.32. The van der Waals surface area contributed by atoms with E-state index in [4.69, 9.17) is 4.42 Å². The van der Waals surface area contributed by atoms with Gasteiger partial charge in [-0.25, -0.2) is 0 Å². The van der Waals surface area contributed by atoms with E-state index >= 15 is 0 Å². The quantitative estimate of drug-likeness (QED) is 0.776. The van der Waals surface area contributed by atoms with Crippen molar-refractivity contribution in [2.45, 2.75) is 57.9 Å². The summed E-state index contributed by atoms with van der Waals surface area (Å²) in [6, 6.07) is 7.58. The van der Waals surface area contributed by atoms with Crippen LogP contribution < -0.4 is 0 Å². The SMILES string of the molecule is Cc1ccc(-c2nnc(CCC(=O)N3CCCCC3C(=O)N3CCCC3)o2)cc1. The smallest absolute Gasteiger partial charge is 0.247 e. The van der Waals surface area contributed by atoms with Crippen molar-refractivity contribution in [2.75, 3.05) is 19.6 Å². The van der Waals surface area contributed by atoms with Crippen LogP contribution in [0.2, 0.25) is 0 Å². The molecule has 154 valence electrons. The van der Waals surface area contributed by atoms with Crippen LogP contribution in [0.3, 0.4) is 0 Å². The van der Waals surface area contributed by atoms with Crippen molar-refractivity contribution in [3.63, 3.8) is 0 Å². The van der Waals surface area contributed by atoms with Gasteiger partial charge in [0.2, 0.25) is 23.6 Å². The second-order valence-electron chi connectivity index (χ2n) is 8.00. The van der Waals surface area contributed by atoms with Gasteiger partial charge >= 0.3 is 0 Å². The number of aryl methyl sites for hydroxylation is 2. The number of piperidine rings is 1. The molecule has 2 aromatic rings. The van der Waals surface area contributed by atoms with Crippen LogP contribution in [0.25, 0.3) is 11.5 Å². The Bertz CT molecular complexity index is 855. The number of carbonyl (C=O) groups excluding carboxylic acids is 2. The lowest BCUT2D eigenvalue weighted by Gasteiger charge is -2.36. The fourth-order valence-electron chi connectivity index (χ4n) is 4.16. The van der Waals surface area contributed by atoms with Crippen LogP contribution in [0, 0.1) is 6.92 Å². The maximum absolute atomic E-state index is 12.9. The maximum Gasteiger partial charge on any atom is 0.247 e. The monoisotopic (exact) mass is 396 g/mol. The summed E-state index contributed by atoms with van der Waals surface area (Å²) in [4.78, 5) is 29.4. The largest absolute Gasteiger partial charge is 0.421 e. The highest BCUT2D eigenvalue weighted by Gasteiger charge is 2.35. The molecule has 1 aromatic carbocycles. The van der Waals surface area contributed by atoms with Crippen LogP contribution in [-0.4, -0.2) is 57.5 Å². The average molecular weight is 396 g/mol. The Hall–Kier alpha value is -2.70. The second-order valence-corrected chi connectivity index (χ2v) is 8.00. The van der Waals surface area contributed by atoms with E-state index in [0.29, 0.717) is 24.7 Å². The lowest BCUT2D eigenvalue weighted by atomic mass is 10.00. The molecule has 2 amide bonds. The number of hydrogen-bond donors (Lipinski definition) is 0. The Balaban J connectivity index is 1.37. The van der Waals surface area contributed by atoms with Gasteiger partial charge in [0.05, 0.1) is 0 Å². The summed E-state index contributed by atoms with van der Waals surface area (Å²) in [5.74, 6) is 1.04. The van der Waals surface area contributed by atoms with Gasteiger partial charge in [0.1, 0.15) is 6.04 Å².